The lowest BCUT2D eigenvalue weighted by Crippen LogP contribution is -2.10. The Hall–Kier alpha value is -1.40. The lowest BCUT2D eigenvalue weighted by molar-refractivity contribution is 0.638. The fourth-order valence-corrected chi connectivity index (χ4v) is 1.90. The number of halogens is 1. The fourth-order valence-electron chi connectivity index (χ4n) is 1.73. The van der Waals surface area contributed by atoms with Gasteiger partial charge in [0.15, 0.2) is 17.0 Å². The van der Waals surface area contributed by atoms with Crippen LogP contribution in [0.15, 0.2) is 6.33 Å². The van der Waals surface area contributed by atoms with Gasteiger partial charge >= 0.3 is 0 Å². The summed E-state index contributed by atoms with van der Waals surface area (Å²) in [7, 11) is 0. The molecule has 7 heteroatoms. The Bertz CT molecular complexity index is 532. The molecule has 0 radical (unpaired) electrons. The van der Waals surface area contributed by atoms with Crippen molar-refractivity contribution in [1.29, 1.82) is 0 Å². The van der Waals surface area contributed by atoms with Gasteiger partial charge in [0.05, 0.1) is 6.33 Å². The van der Waals surface area contributed by atoms with E-state index in [1.807, 2.05) is 4.57 Å². The van der Waals surface area contributed by atoms with E-state index in [4.69, 9.17) is 17.4 Å². The number of fused-ring (bicyclic) bond motifs is 1. The summed E-state index contributed by atoms with van der Waals surface area (Å²) >= 11 is 5.82. The van der Waals surface area contributed by atoms with Crippen molar-refractivity contribution >= 4 is 28.6 Å². The van der Waals surface area contributed by atoms with Crippen LogP contribution in [0.5, 0.6) is 0 Å². The van der Waals surface area contributed by atoms with Crippen LogP contribution in [0.1, 0.15) is 12.8 Å². The molecule has 2 aromatic heterocycles. The van der Waals surface area contributed by atoms with Crippen molar-refractivity contribution < 1.29 is 0 Å². The lowest BCUT2D eigenvalue weighted by Gasteiger charge is -2.03. The van der Waals surface area contributed by atoms with E-state index in [1.165, 1.54) is 12.8 Å². The summed E-state index contributed by atoms with van der Waals surface area (Å²) in [6.07, 6.45) is 4.32. The highest BCUT2D eigenvalue weighted by Crippen LogP contribution is 2.32. The average molecular weight is 239 g/mol. The first kappa shape index (κ1) is 9.80. The molecule has 16 heavy (non-hydrogen) atoms. The molecule has 2 heterocycles. The minimum atomic E-state index is 0.179. The Morgan fingerprint density at radius 2 is 2.31 bits per heavy atom. The summed E-state index contributed by atoms with van der Waals surface area (Å²) < 4.78 is 2.00. The molecular formula is C9H11ClN6. The zero-order chi connectivity index (χ0) is 11.1. The quantitative estimate of drug-likeness (QED) is 0.477. The maximum absolute atomic E-state index is 5.82. The number of hydrogen-bond donors (Lipinski definition) is 2. The van der Waals surface area contributed by atoms with Crippen LogP contribution in [0.25, 0.3) is 11.2 Å². The smallest absolute Gasteiger partial charge is 0.226 e. The van der Waals surface area contributed by atoms with Crippen molar-refractivity contribution in [2.45, 2.75) is 19.4 Å². The Morgan fingerprint density at radius 3 is 3.00 bits per heavy atom. The summed E-state index contributed by atoms with van der Waals surface area (Å²) in [5, 5.41) is 0.179. The minimum absolute atomic E-state index is 0.179. The molecule has 1 aliphatic carbocycles. The predicted octanol–water partition coefficient (Wildman–Crippen LogP) is 1.18. The molecule has 0 saturated heterocycles. The molecule has 0 unspecified atom stereocenters. The van der Waals surface area contributed by atoms with Gasteiger partial charge in [-0.3, -0.25) is 0 Å². The van der Waals surface area contributed by atoms with Gasteiger partial charge < -0.3 is 9.99 Å². The van der Waals surface area contributed by atoms with Crippen LogP contribution in [-0.4, -0.2) is 19.5 Å². The van der Waals surface area contributed by atoms with Gasteiger partial charge in [0.25, 0.3) is 0 Å². The molecule has 3 rings (SSSR count). The second kappa shape index (κ2) is 3.57. The highest BCUT2D eigenvalue weighted by Gasteiger charge is 2.23. The van der Waals surface area contributed by atoms with Crippen molar-refractivity contribution in [2.24, 2.45) is 11.8 Å². The van der Waals surface area contributed by atoms with Crippen molar-refractivity contribution in [1.82, 2.24) is 19.5 Å². The van der Waals surface area contributed by atoms with Crippen LogP contribution in [0, 0.1) is 5.92 Å². The van der Waals surface area contributed by atoms with Gasteiger partial charge in [-0.2, -0.15) is 9.97 Å². The van der Waals surface area contributed by atoms with E-state index >= 15 is 0 Å². The summed E-state index contributed by atoms with van der Waals surface area (Å²) in [6.45, 7) is 0.938. The molecule has 0 spiro atoms. The first-order valence-corrected chi connectivity index (χ1v) is 5.50. The molecule has 2 aromatic rings. The van der Waals surface area contributed by atoms with Gasteiger partial charge in [-0.15, -0.1) is 0 Å². The van der Waals surface area contributed by atoms with Crippen LogP contribution in [0.4, 0.5) is 5.82 Å². The van der Waals surface area contributed by atoms with Gasteiger partial charge in [-0.25, -0.2) is 10.8 Å². The maximum atomic E-state index is 5.82. The maximum Gasteiger partial charge on any atom is 0.226 e. The van der Waals surface area contributed by atoms with Crippen molar-refractivity contribution in [3.63, 3.8) is 0 Å². The largest absolute Gasteiger partial charge is 0.315 e. The van der Waals surface area contributed by atoms with Crippen molar-refractivity contribution in [3.05, 3.63) is 11.6 Å². The minimum Gasteiger partial charge on any atom is -0.315 e. The molecule has 0 bridgehead atoms. The SMILES string of the molecule is NNc1nc(Cl)nc2c1ncn2CC1CC1. The van der Waals surface area contributed by atoms with Gasteiger partial charge in [0, 0.05) is 6.54 Å². The Kier molecular flexibility index (Phi) is 2.19. The zero-order valence-corrected chi connectivity index (χ0v) is 9.28. The Morgan fingerprint density at radius 1 is 1.50 bits per heavy atom. The van der Waals surface area contributed by atoms with E-state index in [2.05, 4.69) is 20.4 Å². The van der Waals surface area contributed by atoms with Gasteiger partial charge in [-0.1, -0.05) is 0 Å². The number of nitrogens with two attached hydrogens (primary N) is 1. The molecule has 1 fully saturated rings. The van der Waals surface area contributed by atoms with E-state index in [-0.39, 0.29) is 5.28 Å². The second-order valence-corrected chi connectivity index (χ2v) is 4.34. The number of imidazole rings is 1. The normalized spacial score (nSPS) is 15.6. The van der Waals surface area contributed by atoms with E-state index in [9.17, 15) is 0 Å². The lowest BCUT2D eigenvalue weighted by atomic mass is 10.4. The van der Waals surface area contributed by atoms with Crippen molar-refractivity contribution in [3.8, 4) is 0 Å². The number of aromatic nitrogens is 4. The predicted molar refractivity (Wildman–Crippen MR) is 60.9 cm³/mol. The second-order valence-electron chi connectivity index (χ2n) is 4.00. The highest BCUT2D eigenvalue weighted by molar-refractivity contribution is 6.28. The van der Waals surface area contributed by atoms with E-state index in [0.717, 1.165) is 18.1 Å². The van der Waals surface area contributed by atoms with Crippen LogP contribution < -0.4 is 11.3 Å². The van der Waals surface area contributed by atoms with E-state index < -0.39 is 0 Å². The molecule has 1 saturated carbocycles. The molecule has 1 aliphatic rings. The standard InChI is InChI=1S/C9H11ClN6/c10-9-13-7(15-11)6-8(14-9)16(4-12-6)3-5-1-2-5/h4-5H,1-3,11H2,(H,13,14,15). The average Bonchev–Trinajstić information content (AvgIpc) is 3.00. The first-order chi connectivity index (χ1) is 7.78. The zero-order valence-electron chi connectivity index (χ0n) is 8.52. The van der Waals surface area contributed by atoms with Crippen LogP contribution >= 0.6 is 11.6 Å². The Labute approximate surface area is 96.8 Å². The Balaban J connectivity index is 2.12. The van der Waals surface area contributed by atoms with Crippen LogP contribution in [-0.2, 0) is 6.54 Å². The van der Waals surface area contributed by atoms with E-state index in [1.54, 1.807) is 6.33 Å². The fraction of sp³-hybridized carbons (Fsp3) is 0.444. The van der Waals surface area contributed by atoms with Crippen LogP contribution in [0.3, 0.4) is 0 Å². The topological polar surface area (TPSA) is 81.7 Å². The first-order valence-electron chi connectivity index (χ1n) is 5.13. The number of hydrogen-bond acceptors (Lipinski definition) is 5. The summed E-state index contributed by atoms with van der Waals surface area (Å²) in [4.78, 5) is 12.4. The van der Waals surface area contributed by atoms with E-state index in [0.29, 0.717) is 11.3 Å². The molecular weight excluding hydrogens is 228 g/mol. The molecule has 0 atom stereocenters. The molecule has 3 N–H and O–H groups in total. The number of hydrazine groups is 1. The summed E-state index contributed by atoms with van der Waals surface area (Å²) in [5.74, 6) is 6.57. The third-order valence-electron chi connectivity index (χ3n) is 2.73. The third-order valence-corrected chi connectivity index (χ3v) is 2.89. The third kappa shape index (κ3) is 1.60. The van der Waals surface area contributed by atoms with Gasteiger partial charge in [0.2, 0.25) is 5.28 Å². The summed E-state index contributed by atoms with van der Waals surface area (Å²) in [5.41, 5.74) is 3.88. The summed E-state index contributed by atoms with van der Waals surface area (Å²) in [6, 6.07) is 0. The number of nitrogen functional groups attached to an aromatic ring is 1. The molecule has 84 valence electrons. The number of nitrogens with one attached hydrogen (secondary N) is 1. The molecule has 0 aliphatic heterocycles. The number of nitrogens with zero attached hydrogens (tertiary/aromatic N) is 4. The van der Waals surface area contributed by atoms with Crippen LogP contribution in [0.2, 0.25) is 5.28 Å². The van der Waals surface area contributed by atoms with Crippen molar-refractivity contribution in [2.75, 3.05) is 5.43 Å². The van der Waals surface area contributed by atoms with Gasteiger partial charge in [-0.05, 0) is 30.4 Å². The molecule has 0 amide bonds. The number of rotatable bonds is 3. The molecule has 6 nitrogen and oxygen atoms in total. The monoisotopic (exact) mass is 238 g/mol. The highest BCUT2D eigenvalue weighted by atomic mass is 35.5. The van der Waals surface area contributed by atoms with Gasteiger partial charge in [0.1, 0.15) is 0 Å². The number of anilines is 1. The molecule has 0 aromatic carbocycles.